The molecule has 3 aliphatic rings. The molecule has 52 heavy (non-hydrogen) atoms. The summed E-state index contributed by atoms with van der Waals surface area (Å²) in [5, 5.41) is 0. The number of allylic oxidation sites excluding steroid dienone is 4. The molecule has 0 N–H and O–H groups in total. The quantitative estimate of drug-likeness (QED) is 0.156. The van der Waals surface area contributed by atoms with E-state index in [9.17, 15) is 0 Å². The summed E-state index contributed by atoms with van der Waals surface area (Å²) in [6, 6.07) is 27.1. The largest absolute Gasteiger partial charge is 1.00 e. The van der Waals surface area contributed by atoms with Crippen LogP contribution in [0.5, 0.6) is 0 Å². The van der Waals surface area contributed by atoms with Crippen molar-refractivity contribution in [3.8, 4) is 11.1 Å². The fourth-order valence-electron chi connectivity index (χ4n) is 7.66. The molecular weight excluding hydrogens is 751 g/mol. The first-order valence-corrected chi connectivity index (χ1v) is 19.7. The zero-order chi connectivity index (χ0) is 37.2. The molecule has 0 saturated carbocycles. The molecule has 3 aliphatic carbocycles. The summed E-state index contributed by atoms with van der Waals surface area (Å²) >= 11 is 1.51. The van der Waals surface area contributed by atoms with E-state index in [1.54, 1.807) is 0 Å². The van der Waals surface area contributed by atoms with Gasteiger partial charge in [0.1, 0.15) is 0 Å². The van der Waals surface area contributed by atoms with Gasteiger partial charge in [0.2, 0.25) is 0 Å². The van der Waals surface area contributed by atoms with E-state index in [0.717, 1.165) is 6.42 Å². The average molecular weight is 811 g/mol. The van der Waals surface area contributed by atoms with Gasteiger partial charge in [-0.1, -0.05) is 126 Å². The maximum absolute atomic E-state index is 3.85. The van der Waals surface area contributed by atoms with Gasteiger partial charge in [-0.15, -0.1) is 11.6 Å². The van der Waals surface area contributed by atoms with Gasteiger partial charge in [-0.2, -0.15) is 28.8 Å². The number of halogens is 2. The molecule has 0 spiro atoms. The van der Waals surface area contributed by atoms with Crippen LogP contribution in [0.15, 0.2) is 78.9 Å². The third-order valence-corrected chi connectivity index (χ3v) is 11.3. The van der Waals surface area contributed by atoms with E-state index in [-0.39, 0.29) is 46.5 Å². The van der Waals surface area contributed by atoms with Crippen molar-refractivity contribution in [3.63, 3.8) is 0 Å². The molecule has 0 saturated heterocycles. The van der Waals surface area contributed by atoms with Gasteiger partial charge in [-0.3, -0.25) is 6.08 Å². The Morgan fingerprint density at radius 3 is 1.65 bits per heavy atom. The van der Waals surface area contributed by atoms with E-state index >= 15 is 0 Å². The van der Waals surface area contributed by atoms with Crippen molar-refractivity contribution in [2.75, 3.05) is 0 Å². The second kappa shape index (κ2) is 15.5. The van der Waals surface area contributed by atoms with E-state index in [4.69, 9.17) is 0 Å². The third-order valence-electron chi connectivity index (χ3n) is 10.6. The predicted octanol–water partition coefficient (Wildman–Crippen LogP) is 7.30. The zero-order valence-corrected chi connectivity index (χ0v) is 38.4. The summed E-state index contributed by atoms with van der Waals surface area (Å²) in [6.07, 6.45) is 7.41. The number of rotatable bonds is 1. The first-order chi connectivity index (χ1) is 22.9. The molecule has 276 valence electrons. The minimum Gasteiger partial charge on any atom is -1.00 e. The van der Waals surface area contributed by atoms with E-state index < -0.39 is 0 Å². The summed E-state index contributed by atoms with van der Waals surface area (Å²) in [4.78, 5) is 0. The van der Waals surface area contributed by atoms with Crippen molar-refractivity contribution in [3.05, 3.63) is 135 Å². The molecule has 3 heteroatoms. The van der Waals surface area contributed by atoms with Crippen LogP contribution in [0, 0.1) is 23.8 Å². The number of aryl methyl sites for hydroxylation is 1. The minimum absolute atomic E-state index is 0. The molecule has 0 nitrogen and oxygen atoms in total. The van der Waals surface area contributed by atoms with E-state index in [0.29, 0.717) is 5.41 Å². The summed E-state index contributed by atoms with van der Waals surface area (Å²) < 4.78 is 1.46. The van der Waals surface area contributed by atoms with Crippen molar-refractivity contribution in [1.82, 2.24) is 0 Å². The monoisotopic (exact) mass is 808 g/mol. The molecule has 0 amide bonds. The van der Waals surface area contributed by atoms with Crippen LogP contribution in [-0.2, 0) is 46.9 Å². The first kappa shape index (κ1) is 44.2. The summed E-state index contributed by atoms with van der Waals surface area (Å²) in [5.41, 5.74) is 19.4. The van der Waals surface area contributed by atoms with Crippen LogP contribution in [0.1, 0.15) is 147 Å². The summed E-state index contributed by atoms with van der Waals surface area (Å²) in [7, 11) is 0. The second-order valence-electron chi connectivity index (χ2n) is 19.1. The van der Waals surface area contributed by atoms with Gasteiger partial charge < -0.3 is 24.8 Å². The van der Waals surface area contributed by atoms with Crippen molar-refractivity contribution in [1.29, 1.82) is 0 Å². The van der Waals surface area contributed by atoms with E-state index in [2.05, 4.69) is 183 Å². The topological polar surface area (TPSA) is 0 Å². The van der Waals surface area contributed by atoms with E-state index in [1.807, 2.05) is 6.07 Å². The summed E-state index contributed by atoms with van der Waals surface area (Å²) in [6.45, 7) is 34.4. The van der Waals surface area contributed by atoms with Gasteiger partial charge in [0, 0.05) is 5.41 Å². The normalized spacial score (nSPS) is 15.9. The molecule has 0 aromatic heterocycles. The Morgan fingerprint density at radius 2 is 1.23 bits per heavy atom. The first-order valence-electron chi connectivity index (χ1n) is 18.5. The average Bonchev–Trinajstić information content (AvgIpc) is 3.73. The predicted molar refractivity (Wildman–Crippen MR) is 216 cm³/mol. The third kappa shape index (κ3) is 9.19. The van der Waals surface area contributed by atoms with Crippen LogP contribution in [-0.4, -0.2) is 3.21 Å². The molecule has 4 aromatic rings. The smallest absolute Gasteiger partial charge is 0.0635 e. The molecule has 0 bridgehead atoms. The zero-order valence-electron chi connectivity index (χ0n) is 34.5. The number of hydrogen-bond donors (Lipinski definition) is 0. The van der Waals surface area contributed by atoms with Gasteiger partial charge in [0.05, 0.1) is 0 Å². The maximum atomic E-state index is 3.85. The molecule has 0 fully saturated rings. The number of benzene rings is 3. The molecule has 0 aliphatic heterocycles. The standard InChI is InChI=1S/C31H37.C10H15.C8H8.2ClH.Zr/c1-28(2,3)26-16-30(7,8)24-12-18-11-19-13-25-23(15-21(19)20(18)14-22(24)26)27(29(4,5)6)17-31(25,9)10;1-8-5-6-9(7-8)10(2,3)4;1-2-8-6-4-3-5-7-8;;;/h12-16H,11H2,1-10H3;5-7H,1-4H3;3-7H,1H3;2*1H;/q2*-1;;;;+2/p-2. The van der Waals surface area contributed by atoms with E-state index in [1.165, 1.54) is 99.8 Å². The van der Waals surface area contributed by atoms with Crippen LogP contribution in [0.3, 0.4) is 0 Å². The fraction of sp³-hybridized carbons (Fsp3) is 0.429. The Morgan fingerprint density at radius 1 is 0.692 bits per heavy atom. The second-order valence-corrected chi connectivity index (χ2v) is 21.0. The van der Waals surface area contributed by atoms with Crippen LogP contribution in [0.25, 0.3) is 22.3 Å². The Labute approximate surface area is 344 Å². The number of fused-ring (bicyclic) bond motifs is 5. The number of hydrogen-bond acceptors (Lipinski definition) is 0. The summed E-state index contributed by atoms with van der Waals surface area (Å²) in [5.74, 6) is 0. The van der Waals surface area contributed by atoms with Gasteiger partial charge in [0.25, 0.3) is 0 Å². The maximum Gasteiger partial charge on any atom is -0.0635 e. The van der Waals surface area contributed by atoms with Gasteiger partial charge >= 0.3 is 70.3 Å². The van der Waals surface area contributed by atoms with Gasteiger partial charge in [-0.25, -0.2) is 11.6 Å². The van der Waals surface area contributed by atoms with Crippen LogP contribution < -0.4 is 24.8 Å². The molecule has 0 atom stereocenters. The minimum atomic E-state index is -0.0202. The van der Waals surface area contributed by atoms with Crippen LogP contribution >= 0.6 is 0 Å². The van der Waals surface area contributed by atoms with Crippen LogP contribution in [0.2, 0.25) is 0 Å². The molecule has 0 unspecified atom stereocenters. The van der Waals surface area contributed by atoms with Gasteiger partial charge in [-0.05, 0) is 62.3 Å². The van der Waals surface area contributed by atoms with Crippen molar-refractivity contribution in [2.24, 2.45) is 10.8 Å². The molecule has 7 rings (SSSR count). The Balaban J connectivity index is 0.000000285. The Hall–Kier alpha value is -2.18. The molecule has 4 aromatic carbocycles. The Bertz CT molecular complexity index is 1900. The molecule has 0 radical (unpaired) electrons. The van der Waals surface area contributed by atoms with Crippen molar-refractivity contribution < 1.29 is 49.0 Å². The van der Waals surface area contributed by atoms with Gasteiger partial charge in [0.15, 0.2) is 0 Å². The van der Waals surface area contributed by atoms with Crippen molar-refractivity contribution >= 4 is 14.4 Å². The molecule has 0 heterocycles. The Kier molecular flexibility index (Phi) is 13.2. The SMILES string of the molecule is CC(C)(C)C1=[C-]C(C)(C)c2cc3c(cc21)-c1cc2c(cc1C3)C(C)(C)C=C2C(C)(C)C.C[C](=[Zr+2])c1ccccc1.Cc1cc(C(C)(C)C)c[cH-]1.[Cl-].[Cl-]. The fourth-order valence-corrected chi connectivity index (χ4v) is 8.07. The van der Waals surface area contributed by atoms with Crippen molar-refractivity contribution in [2.45, 2.75) is 127 Å². The van der Waals surface area contributed by atoms with Crippen LogP contribution in [0.4, 0.5) is 0 Å². The molecular formula is C49H60Cl2Zr-2.